The zero-order valence-electron chi connectivity index (χ0n) is 9.76. The average molecular weight is 229 g/mol. The van der Waals surface area contributed by atoms with Gasteiger partial charge in [0.1, 0.15) is 6.04 Å². The quantitative estimate of drug-likeness (QED) is 0.814. The van der Waals surface area contributed by atoms with Crippen molar-refractivity contribution < 1.29 is 4.79 Å². The summed E-state index contributed by atoms with van der Waals surface area (Å²) in [5.41, 5.74) is 1.87. The fourth-order valence-electron chi connectivity index (χ4n) is 1.73. The zero-order valence-corrected chi connectivity index (χ0v) is 9.76. The molecule has 1 aromatic heterocycles. The number of para-hydroxylation sites is 2. The predicted molar refractivity (Wildman–Crippen MR) is 67.7 cm³/mol. The van der Waals surface area contributed by atoms with Gasteiger partial charge >= 0.3 is 0 Å². The Bertz CT molecular complexity index is 544. The third-order valence-corrected chi connectivity index (χ3v) is 2.70. The van der Waals surface area contributed by atoms with Crippen molar-refractivity contribution in [3.63, 3.8) is 0 Å². The number of imidazole rings is 1. The van der Waals surface area contributed by atoms with Gasteiger partial charge in [-0.1, -0.05) is 18.2 Å². The first kappa shape index (κ1) is 11.4. The highest BCUT2D eigenvalue weighted by Crippen LogP contribution is 2.17. The highest BCUT2D eigenvalue weighted by Gasteiger charge is 2.15. The molecule has 0 aliphatic heterocycles. The van der Waals surface area contributed by atoms with Crippen LogP contribution in [-0.4, -0.2) is 22.0 Å². The van der Waals surface area contributed by atoms with Crippen molar-refractivity contribution in [3.8, 4) is 0 Å². The molecule has 2 rings (SSSR count). The number of hydrogen-bond acceptors (Lipinski definition) is 2. The Labute approximate surface area is 100.0 Å². The van der Waals surface area contributed by atoms with Crippen LogP contribution in [0.2, 0.25) is 0 Å². The smallest absolute Gasteiger partial charge is 0.243 e. The number of nitrogens with one attached hydrogen (secondary N) is 1. The maximum Gasteiger partial charge on any atom is 0.243 e. The van der Waals surface area contributed by atoms with Crippen LogP contribution >= 0.6 is 0 Å². The molecular weight excluding hydrogens is 214 g/mol. The minimum Gasteiger partial charge on any atom is -0.351 e. The van der Waals surface area contributed by atoms with Crippen molar-refractivity contribution in [2.75, 3.05) is 6.54 Å². The lowest BCUT2D eigenvalue weighted by molar-refractivity contribution is -0.123. The minimum atomic E-state index is -0.276. The number of hydrogen-bond donors (Lipinski definition) is 1. The van der Waals surface area contributed by atoms with Gasteiger partial charge < -0.3 is 9.88 Å². The summed E-state index contributed by atoms with van der Waals surface area (Å²) in [5.74, 6) is -0.0342. The Kier molecular flexibility index (Phi) is 3.23. The molecule has 2 aromatic rings. The molecular formula is C13H15N3O. The Morgan fingerprint density at radius 1 is 1.59 bits per heavy atom. The molecule has 0 bridgehead atoms. The molecule has 1 aromatic carbocycles. The van der Waals surface area contributed by atoms with Gasteiger partial charge in [0.2, 0.25) is 5.91 Å². The minimum absolute atomic E-state index is 0.0342. The molecule has 1 heterocycles. The lowest BCUT2D eigenvalue weighted by Gasteiger charge is -2.13. The Morgan fingerprint density at radius 3 is 3.12 bits per heavy atom. The van der Waals surface area contributed by atoms with E-state index in [0.29, 0.717) is 6.54 Å². The lowest BCUT2D eigenvalue weighted by atomic mass is 10.2. The summed E-state index contributed by atoms with van der Waals surface area (Å²) in [6.45, 7) is 5.91. The molecule has 1 amide bonds. The van der Waals surface area contributed by atoms with E-state index in [0.717, 1.165) is 11.0 Å². The normalized spacial score (nSPS) is 12.3. The van der Waals surface area contributed by atoms with E-state index in [2.05, 4.69) is 16.9 Å². The molecule has 0 aliphatic rings. The summed E-state index contributed by atoms with van der Waals surface area (Å²) in [4.78, 5) is 16.1. The number of fused-ring (bicyclic) bond motifs is 1. The van der Waals surface area contributed by atoms with Crippen LogP contribution in [0, 0.1) is 0 Å². The first-order valence-corrected chi connectivity index (χ1v) is 5.54. The van der Waals surface area contributed by atoms with Crippen LogP contribution in [0.4, 0.5) is 0 Å². The highest BCUT2D eigenvalue weighted by molar-refractivity contribution is 5.83. The number of nitrogens with zero attached hydrogens (tertiary/aromatic N) is 2. The Hall–Kier alpha value is -2.10. The van der Waals surface area contributed by atoms with E-state index in [1.54, 1.807) is 12.4 Å². The van der Waals surface area contributed by atoms with Gasteiger partial charge in [0.25, 0.3) is 0 Å². The average Bonchev–Trinajstić information content (AvgIpc) is 2.78. The fraction of sp³-hybridized carbons (Fsp3) is 0.231. The van der Waals surface area contributed by atoms with Gasteiger partial charge in [0.05, 0.1) is 17.4 Å². The molecule has 0 spiro atoms. The Morgan fingerprint density at radius 2 is 2.35 bits per heavy atom. The summed E-state index contributed by atoms with van der Waals surface area (Å²) in [5, 5.41) is 2.78. The predicted octanol–water partition coefficient (Wildman–Crippen LogP) is 1.90. The topological polar surface area (TPSA) is 46.9 Å². The second-order valence-electron chi connectivity index (χ2n) is 3.85. The van der Waals surface area contributed by atoms with Crippen molar-refractivity contribution >= 4 is 16.9 Å². The summed E-state index contributed by atoms with van der Waals surface area (Å²) < 4.78 is 1.87. The van der Waals surface area contributed by atoms with Gasteiger partial charge in [-0.15, -0.1) is 6.58 Å². The first-order chi connectivity index (χ1) is 8.24. The molecule has 4 nitrogen and oxygen atoms in total. The number of rotatable bonds is 4. The molecule has 0 saturated carbocycles. The van der Waals surface area contributed by atoms with Crippen molar-refractivity contribution in [3.05, 3.63) is 43.2 Å². The van der Waals surface area contributed by atoms with Crippen LogP contribution in [-0.2, 0) is 4.79 Å². The number of carbonyl (C=O) groups excluding carboxylic acids is 1. The van der Waals surface area contributed by atoms with E-state index in [9.17, 15) is 4.79 Å². The van der Waals surface area contributed by atoms with Gasteiger partial charge in [0.15, 0.2) is 0 Å². The third-order valence-electron chi connectivity index (χ3n) is 2.70. The standard InChI is InChI=1S/C13H15N3O/c1-3-8-14-13(17)10(2)16-9-15-11-6-4-5-7-12(11)16/h3-7,9-10H,1,8H2,2H3,(H,14,17)/t10-/m1/s1. The lowest BCUT2D eigenvalue weighted by Crippen LogP contribution is -2.30. The molecule has 0 radical (unpaired) electrons. The van der Waals surface area contributed by atoms with E-state index in [-0.39, 0.29) is 11.9 Å². The summed E-state index contributed by atoms with van der Waals surface area (Å²) in [6, 6.07) is 7.49. The Balaban J connectivity index is 2.27. The van der Waals surface area contributed by atoms with Gasteiger partial charge in [-0.3, -0.25) is 4.79 Å². The van der Waals surface area contributed by atoms with Crippen LogP contribution in [0.3, 0.4) is 0 Å². The third kappa shape index (κ3) is 2.20. The number of aromatic nitrogens is 2. The summed E-state index contributed by atoms with van der Waals surface area (Å²) in [6.07, 6.45) is 3.36. The van der Waals surface area contributed by atoms with Crippen molar-refractivity contribution in [1.29, 1.82) is 0 Å². The molecule has 1 N–H and O–H groups in total. The zero-order chi connectivity index (χ0) is 12.3. The second kappa shape index (κ2) is 4.82. The van der Waals surface area contributed by atoms with Crippen molar-refractivity contribution in [2.24, 2.45) is 0 Å². The molecule has 0 unspecified atom stereocenters. The van der Waals surface area contributed by atoms with Gasteiger partial charge in [-0.2, -0.15) is 0 Å². The molecule has 1 atom stereocenters. The maximum absolute atomic E-state index is 11.8. The van der Waals surface area contributed by atoms with E-state index in [1.165, 1.54) is 0 Å². The van der Waals surface area contributed by atoms with Crippen LogP contribution in [0.1, 0.15) is 13.0 Å². The molecule has 0 fully saturated rings. The van der Waals surface area contributed by atoms with E-state index in [4.69, 9.17) is 0 Å². The number of carbonyl (C=O) groups is 1. The van der Waals surface area contributed by atoms with Gasteiger partial charge in [0, 0.05) is 6.54 Å². The SMILES string of the molecule is C=CCNC(=O)[C@@H](C)n1cnc2ccccc21. The van der Waals surface area contributed by atoms with Gasteiger partial charge in [-0.25, -0.2) is 4.98 Å². The van der Waals surface area contributed by atoms with E-state index < -0.39 is 0 Å². The van der Waals surface area contributed by atoms with Crippen molar-refractivity contribution in [2.45, 2.75) is 13.0 Å². The van der Waals surface area contributed by atoms with Gasteiger partial charge in [-0.05, 0) is 19.1 Å². The number of benzene rings is 1. The van der Waals surface area contributed by atoms with Crippen LogP contribution < -0.4 is 5.32 Å². The largest absolute Gasteiger partial charge is 0.351 e. The monoisotopic (exact) mass is 229 g/mol. The fourth-order valence-corrected chi connectivity index (χ4v) is 1.73. The first-order valence-electron chi connectivity index (χ1n) is 5.54. The molecule has 4 heteroatoms. The van der Waals surface area contributed by atoms with Crippen LogP contribution in [0.5, 0.6) is 0 Å². The molecule has 0 saturated heterocycles. The van der Waals surface area contributed by atoms with E-state index >= 15 is 0 Å². The van der Waals surface area contributed by atoms with Crippen LogP contribution in [0.25, 0.3) is 11.0 Å². The summed E-state index contributed by atoms with van der Waals surface area (Å²) in [7, 11) is 0. The molecule has 88 valence electrons. The van der Waals surface area contributed by atoms with Crippen LogP contribution in [0.15, 0.2) is 43.2 Å². The van der Waals surface area contributed by atoms with E-state index in [1.807, 2.05) is 35.8 Å². The summed E-state index contributed by atoms with van der Waals surface area (Å²) >= 11 is 0. The maximum atomic E-state index is 11.8. The number of amides is 1. The van der Waals surface area contributed by atoms with Crippen molar-refractivity contribution in [1.82, 2.24) is 14.9 Å². The highest BCUT2D eigenvalue weighted by atomic mass is 16.2. The molecule has 17 heavy (non-hydrogen) atoms. The second-order valence-corrected chi connectivity index (χ2v) is 3.85. The molecule has 0 aliphatic carbocycles.